The number of thioether (sulfide) groups is 1. The van der Waals surface area contributed by atoms with E-state index in [1.165, 1.54) is 16.1 Å². The standard InChI is InChI=1S/C21H23N5O3S3/c27-32(28,25-12-5-2-6-13-25)24-20-21(23-19-14-17-18(31-19)10-7-11-22-17)30-15-26(20)29-16-8-3-1-4-9-16/h1,3-4,7-11,14,23-24H,2,5-6,12-13,15H2. The maximum atomic E-state index is 13.1. The van der Waals surface area contributed by atoms with Gasteiger partial charge >= 0.3 is 10.2 Å². The van der Waals surface area contributed by atoms with Crippen LogP contribution in [-0.2, 0) is 10.2 Å². The summed E-state index contributed by atoms with van der Waals surface area (Å²) >= 11 is 3.05. The van der Waals surface area contributed by atoms with Gasteiger partial charge in [-0.2, -0.15) is 17.8 Å². The van der Waals surface area contributed by atoms with Crippen LogP contribution in [0, 0.1) is 0 Å². The lowest BCUT2D eigenvalue weighted by atomic mass is 10.2. The number of benzene rings is 1. The molecule has 0 bridgehead atoms. The lowest BCUT2D eigenvalue weighted by Gasteiger charge is -2.28. The van der Waals surface area contributed by atoms with Gasteiger partial charge in [-0.3, -0.25) is 9.71 Å². The molecule has 32 heavy (non-hydrogen) atoms. The van der Waals surface area contributed by atoms with E-state index in [2.05, 4.69) is 15.0 Å². The summed E-state index contributed by atoms with van der Waals surface area (Å²) in [6.07, 6.45) is 4.56. The molecule has 4 heterocycles. The Labute approximate surface area is 195 Å². The Morgan fingerprint density at radius 2 is 1.84 bits per heavy atom. The molecule has 168 valence electrons. The van der Waals surface area contributed by atoms with Gasteiger partial charge in [0.25, 0.3) is 0 Å². The van der Waals surface area contributed by atoms with Crippen LogP contribution in [0.5, 0.6) is 5.75 Å². The summed E-state index contributed by atoms with van der Waals surface area (Å²) in [5.41, 5.74) is 0.899. The number of pyridine rings is 1. The predicted molar refractivity (Wildman–Crippen MR) is 129 cm³/mol. The van der Waals surface area contributed by atoms with Gasteiger partial charge in [-0.05, 0) is 43.2 Å². The van der Waals surface area contributed by atoms with Crippen LogP contribution in [-0.4, -0.2) is 41.7 Å². The first-order valence-corrected chi connectivity index (χ1v) is 13.6. The smallest absolute Gasteiger partial charge is 0.302 e. The third kappa shape index (κ3) is 4.65. The van der Waals surface area contributed by atoms with Crippen molar-refractivity contribution in [3.63, 3.8) is 0 Å². The molecule has 0 aliphatic carbocycles. The van der Waals surface area contributed by atoms with E-state index < -0.39 is 10.2 Å². The molecule has 2 aromatic heterocycles. The first-order valence-electron chi connectivity index (χ1n) is 10.4. The zero-order chi connectivity index (χ0) is 22.0. The summed E-state index contributed by atoms with van der Waals surface area (Å²) in [6, 6.07) is 15.2. The van der Waals surface area contributed by atoms with Crippen molar-refractivity contribution in [1.29, 1.82) is 0 Å². The quantitative estimate of drug-likeness (QED) is 0.515. The number of hydrogen-bond acceptors (Lipinski definition) is 8. The van der Waals surface area contributed by atoms with Crippen molar-refractivity contribution in [3.05, 3.63) is 65.6 Å². The number of piperidine rings is 1. The zero-order valence-corrected chi connectivity index (χ0v) is 19.7. The van der Waals surface area contributed by atoms with Crippen LogP contribution in [0.25, 0.3) is 10.2 Å². The highest BCUT2D eigenvalue weighted by Gasteiger charge is 2.32. The molecule has 1 aromatic carbocycles. The second-order valence-corrected chi connectivity index (χ2v) is 11.1. The van der Waals surface area contributed by atoms with Gasteiger partial charge < -0.3 is 10.2 Å². The van der Waals surface area contributed by atoms with Gasteiger partial charge in [0.05, 0.1) is 15.2 Å². The SMILES string of the molecule is O=S(=O)(NC1=C(Nc2cc3ncccc3s2)SCN1Oc1ccccc1)N1CCCCC1. The van der Waals surface area contributed by atoms with E-state index in [4.69, 9.17) is 4.84 Å². The van der Waals surface area contributed by atoms with Crippen LogP contribution in [0.4, 0.5) is 5.00 Å². The van der Waals surface area contributed by atoms with E-state index in [1.54, 1.807) is 22.6 Å². The van der Waals surface area contributed by atoms with Crippen molar-refractivity contribution in [2.24, 2.45) is 0 Å². The molecule has 8 nitrogen and oxygen atoms in total. The molecule has 0 spiro atoms. The Hall–Kier alpha value is -2.47. The van der Waals surface area contributed by atoms with Crippen LogP contribution >= 0.6 is 23.1 Å². The first kappa shape index (κ1) is 21.4. The highest BCUT2D eigenvalue weighted by Crippen LogP contribution is 2.36. The maximum Gasteiger partial charge on any atom is 0.302 e. The second-order valence-electron chi connectivity index (χ2n) is 7.42. The van der Waals surface area contributed by atoms with Gasteiger partial charge in [0.1, 0.15) is 10.9 Å². The molecule has 1 saturated heterocycles. The van der Waals surface area contributed by atoms with Gasteiger partial charge in [-0.15, -0.1) is 11.3 Å². The molecular formula is C21H23N5O3S3. The van der Waals surface area contributed by atoms with E-state index >= 15 is 0 Å². The number of rotatable bonds is 7. The molecule has 1 fully saturated rings. The molecule has 3 aromatic rings. The fourth-order valence-corrected chi connectivity index (χ4v) is 6.85. The van der Waals surface area contributed by atoms with Crippen molar-refractivity contribution in [3.8, 4) is 5.75 Å². The number of hydrogen-bond donors (Lipinski definition) is 2. The van der Waals surface area contributed by atoms with Gasteiger partial charge in [0, 0.05) is 19.3 Å². The summed E-state index contributed by atoms with van der Waals surface area (Å²) in [5, 5.41) is 6.53. The minimum atomic E-state index is -3.70. The summed E-state index contributed by atoms with van der Waals surface area (Å²) in [7, 11) is -3.70. The molecule has 0 unspecified atom stereocenters. The number of nitrogens with zero attached hydrogens (tertiary/aromatic N) is 3. The van der Waals surface area contributed by atoms with Gasteiger partial charge in [-0.25, -0.2) is 0 Å². The van der Waals surface area contributed by atoms with Gasteiger partial charge in [-0.1, -0.05) is 36.4 Å². The third-order valence-electron chi connectivity index (χ3n) is 5.15. The van der Waals surface area contributed by atoms with Crippen molar-refractivity contribution in [2.75, 3.05) is 24.3 Å². The van der Waals surface area contributed by atoms with Crippen LogP contribution < -0.4 is 14.9 Å². The molecule has 0 radical (unpaired) electrons. The molecule has 0 saturated carbocycles. The van der Waals surface area contributed by atoms with Crippen molar-refractivity contribution in [2.45, 2.75) is 19.3 Å². The van der Waals surface area contributed by atoms with Crippen LogP contribution in [0.1, 0.15) is 19.3 Å². The van der Waals surface area contributed by atoms with E-state index in [-0.39, 0.29) is 0 Å². The van der Waals surface area contributed by atoms with Crippen molar-refractivity contribution < 1.29 is 13.3 Å². The van der Waals surface area contributed by atoms with Gasteiger partial charge in [0.2, 0.25) is 0 Å². The number of hydroxylamine groups is 2. The summed E-state index contributed by atoms with van der Waals surface area (Å²) < 4.78 is 31.6. The topological polar surface area (TPSA) is 86.8 Å². The largest absolute Gasteiger partial charge is 0.377 e. The highest BCUT2D eigenvalue weighted by molar-refractivity contribution is 8.03. The third-order valence-corrected chi connectivity index (χ3v) is 8.60. The minimum Gasteiger partial charge on any atom is -0.377 e. The van der Waals surface area contributed by atoms with Crippen LogP contribution in [0.2, 0.25) is 0 Å². The molecular weight excluding hydrogens is 466 g/mol. The number of aromatic nitrogens is 1. The Morgan fingerprint density at radius 1 is 1.03 bits per heavy atom. The molecule has 5 rings (SSSR count). The Kier molecular flexibility index (Phi) is 6.13. The van der Waals surface area contributed by atoms with E-state index in [1.807, 2.05) is 48.5 Å². The number of fused-ring (bicyclic) bond motifs is 1. The van der Waals surface area contributed by atoms with Crippen LogP contribution in [0.3, 0.4) is 0 Å². The number of nitrogens with one attached hydrogen (secondary N) is 2. The van der Waals surface area contributed by atoms with Gasteiger partial charge in [0.15, 0.2) is 11.6 Å². The zero-order valence-electron chi connectivity index (χ0n) is 17.2. The molecule has 2 aliphatic rings. The Bertz CT molecular complexity index is 1190. The summed E-state index contributed by atoms with van der Waals surface area (Å²) in [5.74, 6) is 1.46. The van der Waals surface area contributed by atoms with E-state index in [0.717, 1.165) is 34.5 Å². The average molecular weight is 490 g/mol. The molecule has 0 atom stereocenters. The Morgan fingerprint density at radius 3 is 2.62 bits per heavy atom. The molecule has 2 N–H and O–H groups in total. The molecule has 0 amide bonds. The number of anilines is 1. The minimum absolute atomic E-state index is 0.384. The molecule has 11 heteroatoms. The average Bonchev–Trinajstić information content (AvgIpc) is 3.39. The summed E-state index contributed by atoms with van der Waals surface area (Å²) in [4.78, 5) is 10.4. The number of para-hydroxylation sites is 1. The van der Waals surface area contributed by atoms with Crippen molar-refractivity contribution in [1.82, 2.24) is 19.1 Å². The van der Waals surface area contributed by atoms with Crippen molar-refractivity contribution >= 4 is 48.5 Å². The monoisotopic (exact) mass is 489 g/mol. The molecule has 2 aliphatic heterocycles. The Balaban J connectivity index is 1.44. The second kappa shape index (κ2) is 9.18. The normalized spacial score (nSPS) is 17.7. The predicted octanol–water partition coefficient (Wildman–Crippen LogP) is 4.16. The highest BCUT2D eigenvalue weighted by atomic mass is 32.2. The van der Waals surface area contributed by atoms with E-state index in [9.17, 15) is 8.42 Å². The van der Waals surface area contributed by atoms with Crippen LogP contribution in [0.15, 0.2) is 65.6 Å². The summed E-state index contributed by atoms with van der Waals surface area (Å²) in [6.45, 7) is 1.06. The number of thiophene rings is 1. The fraction of sp³-hybridized carbons (Fsp3) is 0.286. The lowest BCUT2D eigenvalue weighted by molar-refractivity contribution is -0.00314. The van der Waals surface area contributed by atoms with E-state index in [0.29, 0.717) is 35.6 Å². The maximum absolute atomic E-state index is 13.1. The fourth-order valence-electron chi connectivity index (χ4n) is 3.58. The first-order chi connectivity index (χ1) is 15.6. The lowest BCUT2D eigenvalue weighted by Crippen LogP contribution is -2.46.